The van der Waals surface area contributed by atoms with E-state index < -0.39 is 11.4 Å². The molecule has 0 saturated heterocycles. The van der Waals surface area contributed by atoms with Gasteiger partial charge in [-0.05, 0) is 66.1 Å². The summed E-state index contributed by atoms with van der Waals surface area (Å²) in [6.45, 7) is 2.22. The number of carboxylic acid groups (broad SMARTS) is 1. The van der Waals surface area contributed by atoms with Gasteiger partial charge in [0.1, 0.15) is 0 Å². The zero-order chi connectivity index (χ0) is 14.6. The summed E-state index contributed by atoms with van der Waals surface area (Å²) in [6, 6.07) is 4.07. The molecule has 20 heavy (non-hydrogen) atoms. The van der Waals surface area contributed by atoms with Crippen molar-refractivity contribution in [3.63, 3.8) is 0 Å². The fourth-order valence-corrected chi connectivity index (χ4v) is 4.89. The highest BCUT2D eigenvalue weighted by atomic mass is 79.9. The van der Waals surface area contributed by atoms with Gasteiger partial charge in [-0.15, -0.1) is 11.3 Å². The zero-order valence-electron chi connectivity index (χ0n) is 12.0. The van der Waals surface area contributed by atoms with Crippen molar-refractivity contribution in [1.29, 1.82) is 0 Å². The summed E-state index contributed by atoms with van der Waals surface area (Å²) >= 11 is 5.13. The van der Waals surface area contributed by atoms with Gasteiger partial charge in [0.05, 0.1) is 9.20 Å². The first-order valence-electron chi connectivity index (χ1n) is 7.53. The van der Waals surface area contributed by atoms with Crippen molar-refractivity contribution in [1.82, 2.24) is 0 Å². The molecule has 1 aliphatic carbocycles. The van der Waals surface area contributed by atoms with Crippen molar-refractivity contribution < 1.29 is 9.90 Å². The molecule has 0 radical (unpaired) electrons. The molecule has 0 bridgehead atoms. The summed E-state index contributed by atoms with van der Waals surface area (Å²) in [5.41, 5.74) is -0.521. The zero-order valence-corrected chi connectivity index (χ0v) is 14.4. The van der Waals surface area contributed by atoms with Crippen molar-refractivity contribution in [2.75, 3.05) is 0 Å². The SMILES string of the molecule is CCCCC1CCC(Cc2ccc(Br)s2)(C(=O)O)CC1. The molecule has 1 heterocycles. The second-order valence-electron chi connectivity index (χ2n) is 6.05. The smallest absolute Gasteiger partial charge is 0.309 e. The lowest BCUT2D eigenvalue weighted by Crippen LogP contribution is -2.37. The fraction of sp³-hybridized carbons (Fsp3) is 0.688. The minimum absolute atomic E-state index is 0.521. The predicted octanol–water partition coefficient (Wildman–Crippen LogP) is 5.50. The summed E-state index contributed by atoms with van der Waals surface area (Å²) in [6.07, 6.45) is 8.33. The van der Waals surface area contributed by atoms with E-state index >= 15 is 0 Å². The van der Waals surface area contributed by atoms with Crippen LogP contribution in [-0.2, 0) is 11.2 Å². The summed E-state index contributed by atoms with van der Waals surface area (Å²) < 4.78 is 1.09. The number of thiophene rings is 1. The number of carboxylic acids is 1. The maximum Gasteiger partial charge on any atom is 0.309 e. The number of rotatable bonds is 6. The van der Waals surface area contributed by atoms with Gasteiger partial charge in [-0.2, -0.15) is 0 Å². The Bertz CT molecular complexity index is 447. The van der Waals surface area contributed by atoms with Crippen LogP contribution in [0.1, 0.15) is 56.7 Å². The van der Waals surface area contributed by atoms with Gasteiger partial charge in [-0.3, -0.25) is 4.79 Å². The summed E-state index contributed by atoms with van der Waals surface area (Å²) in [7, 11) is 0. The molecule has 0 aromatic carbocycles. The lowest BCUT2D eigenvalue weighted by molar-refractivity contribution is -0.151. The maximum atomic E-state index is 11.8. The lowest BCUT2D eigenvalue weighted by atomic mass is 9.67. The van der Waals surface area contributed by atoms with Gasteiger partial charge in [0, 0.05) is 4.88 Å². The second kappa shape index (κ2) is 7.08. The van der Waals surface area contributed by atoms with Crippen molar-refractivity contribution >= 4 is 33.2 Å². The molecule has 0 unspecified atom stereocenters. The normalized spacial score (nSPS) is 26.6. The summed E-state index contributed by atoms with van der Waals surface area (Å²) in [5.74, 6) is 0.147. The van der Waals surface area contributed by atoms with Gasteiger partial charge in [0.25, 0.3) is 0 Å². The second-order valence-corrected chi connectivity index (χ2v) is 8.60. The van der Waals surface area contributed by atoms with Crippen molar-refractivity contribution in [3.8, 4) is 0 Å². The van der Waals surface area contributed by atoms with Crippen molar-refractivity contribution in [2.45, 2.75) is 58.3 Å². The van der Waals surface area contributed by atoms with Crippen molar-refractivity contribution in [3.05, 3.63) is 20.8 Å². The topological polar surface area (TPSA) is 37.3 Å². The molecule has 1 N–H and O–H groups in total. The lowest BCUT2D eigenvalue weighted by Gasteiger charge is -2.36. The van der Waals surface area contributed by atoms with Crippen LogP contribution in [0.5, 0.6) is 0 Å². The highest BCUT2D eigenvalue weighted by Gasteiger charge is 2.42. The first-order chi connectivity index (χ1) is 9.55. The van der Waals surface area contributed by atoms with Gasteiger partial charge in [-0.1, -0.05) is 26.2 Å². The van der Waals surface area contributed by atoms with Gasteiger partial charge in [0.15, 0.2) is 0 Å². The van der Waals surface area contributed by atoms with E-state index in [0.717, 1.165) is 35.4 Å². The average Bonchev–Trinajstić information content (AvgIpc) is 2.83. The number of halogens is 1. The molecular formula is C16H23BrO2S. The molecule has 112 valence electrons. The number of aliphatic carboxylic acids is 1. The van der Waals surface area contributed by atoms with Crippen molar-refractivity contribution in [2.24, 2.45) is 11.3 Å². The molecule has 2 nitrogen and oxygen atoms in total. The monoisotopic (exact) mass is 358 g/mol. The molecule has 0 amide bonds. The first kappa shape index (κ1) is 16.0. The Labute approximate surface area is 133 Å². The predicted molar refractivity (Wildman–Crippen MR) is 87.3 cm³/mol. The molecule has 1 saturated carbocycles. The Morgan fingerprint density at radius 3 is 2.65 bits per heavy atom. The standard InChI is InChI=1S/C16H23BrO2S/c1-2-3-4-12-7-9-16(10-8-12,15(18)19)11-13-5-6-14(17)20-13/h5-6,12H,2-4,7-11H2,1H3,(H,18,19). The van der Waals surface area contributed by atoms with Crippen LogP contribution in [0.25, 0.3) is 0 Å². The van der Waals surface area contributed by atoms with Crippen LogP contribution >= 0.6 is 27.3 Å². The summed E-state index contributed by atoms with van der Waals surface area (Å²) in [5, 5.41) is 9.71. The Kier molecular flexibility index (Phi) is 5.67. The van der Waals surface area contributed by atoms with Gasteiger partial charge in [-0.25, -0.2) is 0 Å². The number of carbonyl (C=O) groups is 1. The van der Waals surface area contributed by atoms with Crippen LogP contribution in [0, 0.1) is 11.3 Å². The van der Waals surface area contributed by atoms with Gasteiger partial charge in [0.2, 0.25) is 0 Å². The van der Waals surface area contributed by atoms with E-state index in [4.69, 9.17) is 0 Å². The van der Waals surface area contributed by atoms with Gasteiger partial charge < -0.3 is 5.11 Å². The van der Waals surface area contributed by atoms with E-state index in [9.17, 15) is 9.90 Å². The Hall–Kier alpha value is -0.350. The number of unbranched alkanes of at least 4 members (excludes halogenated alkanes) is 1. The Morgan fingerprint density at radius 1 is 1.45 bits per heavy atom. The number of hydrogen-bond acceptors (Lipinski definition) is 2. The molecular weight excluding hydrogens is 336 g/mol. The number of hydrogen-bond donors (Lipinski definition) is 1. The van der Waals surface area contributed by atoms with E-state index in [1.807, 2.05) is 6.07 Å². The van der Waals surface area contributed by atoms with E-state index in [-0.39, 0.29) is 0 Å². The minimum Gasteiger partial charge on any atom is -0.481 e. The highest BCUT2D eigenvalue weighted by molar-refractivity contribution is 9.11. The third kappa shape index (κ3) is 3.85. The highest BCUT2D eigenvalue weighted by Crippen LogP contribution is 2.44. The molecule has 1 aromatic rings. The molecule has 0 aliphatic heterocycles. The molecule has 2 rings (SSSR count). The largest absolute Gasteiger partial charge is 0.481 e. The third-order valence-corrected chi connectivity index (χ3v) is 6.25. The molecule has 0 atom stereocenters. The maximum absolute atomic E-state index is 11.8. The molecule has 4 heteroatoms. The fourth-order valence-electron chi connectivity index (χ4n) is 3.26. The van der Waals surface area contributed by atoms with Gasteiger partial charge >= 0.3 is 5.97 Å². The molecule has 1 fully saturated rings. The van der Waals surface area contributed by atoms with E-state index in [2.05, 4.69) is 28.9 Å². The Balaban J connectivity index is 2.00. The van der Waals surface area contributed by atoms with Crippen LogP contribution in [-0.4, -0.2) is 11.1 Å². The minimum atomic E-state index is -0.601. The van der Waals surface area contributed by atoms with E-state index in [0.29, 0.717) is 6.42 Å². The molecule has 1 aromatic heterocycles. The van der Waals surface area contributed by atoms with Crippen LogP contribution in [0.2, 0.25) is 0 Å². The summed E-state index contributed by atoms with van der Waals surface area (Å²) in [4.78, 5) is 13.0. The molecule has 1 aliphatic rings. The molecule has 0 spiro atoms. The van der Waals surface area contributed by atoms with Crippen LogP contribution in [0.4, 0.5) is 0 Å². The van der Waals surface area contributed by atoms with Crippen LogP contribution in [0.3, 0.4) is 0 Å². The third-order valence-electron chi connectivity index (χ3n) is 4.62. The van der Waals surface area contributed by atoms with E-state index in [1.54, 1.807) is 11.3 Å². The van der Waals surface area contributed by atoms with Crippen LogP contribution < -0.4 is 0 Å². The average molecular weight is 359 g/mol. The Morgan fingerprint density at radius 2 is 2.15 bits per heavy atom. The van der Waals surface area contributed by atoms with E-state index in [1.165, 1.54) is 24.1 Å². The quantitative estimate of drug-likeness (QED) is 0.728. The first-order valence-corrected chi connectivity index (χ1v) is 9.14. The van der Waals surface area contributed by atoms with Crippen LogP contribution in [0.15, 0.2) is 15.9 Å².